The van der Waals surface area contributed by atoms with Crippen LogP contribution >= 0.6 is 11.6 Å². The predicted molar refractivity (Wildman–Crippen MR) is 119 cm³/mol. The standard InChI is InChI=1S/C24H30ClFN2O3/c1-24(2,14-3-15-30-19-8-4-17(26)5-9-19)23(29)28-18-6-10-20(11-7-18)31-21-12-13-22(25)27-16-21/h4-5,8-9,12-13,16,18,20H,3,6-7,10-11,14-15H2,1-2H3,(H,28,29)/t18-,20-. The number of rotatable bonds is 9. The molecule has 168 valence electrons. The lowest BCUT2D eigenvalue weighted by Gasteiger charge is -2.32. The van der Waals surface area contributed by atoms with Crippen molar-refractivity contribution in [1.82, 2.24) is 10.3 Å². The van der Waals surface area contributed by atoms with E-state index >= 15 is 0 Å². The molecule has 1 saturated carbocycles. The summed E-state index contributed by atoms with van der Waals surface area (Å²) in [4.78, 5) is 16.8. The molecule has 1 amide bonds. The van der Waals surface area contributed by atoms with Crippen LogP contribution in [0.5, 0.6) is 11.5 Å². The Morgan fingerprint density at radius 2 is 1.81 bits per heavy atom. The monoisotopic (exact) mass is 448 g/mol. The van der Waals surface area contributed by atoms with Gasteiger partial charge in [-0.3, -0.25) is 4.79 Å². The van der Waals surface area contributed by atoms with E-state index in [1.165, 1.54) is 12.1 Å². The van der Waals surface area contributed by atoms with E-state index in [1.807, 2.05) is 19.9 Å². The van der Waals surface area contributed by atoms with Crippen molar-refractivity contribution in [3.8, 4) is 11.5 Å². The quantitative estimate of drug-likeness (QED) is 0.402. The van der Waals surface area contributed by atoms with Gasteiger partial charge >= 0.3 is 0 Å². The minimum atomic E-state index is -0.478. The van der Waals surface area contributed by atoms with Crippen LogP contribution in [0.4, 0.5) is 4.39 Å². The zero-order chi connectivity index (χ0) is 22.3. The van der Waals surface area contributed by atoms with E-state index in [9.17, 15) is 9.18 Å². The maximum Gasteiger partial charge on any atom is 0.225 e. The highest BCUT2D eigenvalue weighted by molar-refractivity contribution is 6.29. The molecule has 0 aliphatic heterocycles. The second-order valence-electron chi connectivity index (χ2n) is 8.67. The second kappa shape index (κ2) is 10.8. The number of amides is 1. The van der Waals surface area contributed by atoms with Crippen molar-refractivity contribution in [2.45, 2.75) is 64.5 Å². The lowest BCUT2D eigenvalue weighted by atomic mass is 9.85. The number of aromatic nitrogens is 1. The van der Waals surface area contributed by atoms with Gasteiger partial charge in [0.2, 0.25) is 5.91 Å². The minimum absolute atomic E-state index is 0.0700. The molecule has 1 heterocycles. The third-order valence-corrected chi connectivity index (χ3v) is 5.88. The molecule has 0 saturated heterocycles. The SMILES string of the molecule is CC(C)(CCCOc1ccc(F)cc1)C(=O)N[C@H]1CC[C@H](Oc2ccc(Cl)nc2)CC1. The number of pyridine rings is 1. The molecule has 7 heteroatoms. The number of carbonyl (C=O) groups excluding carboxylic acids is 1. The first-order chi connectivity index (χ1) is 14.8. The van der Waals surface area contributed by atoms with E-state index in [-0.39, 0.29) is 23.9 Å². The number of ether oxygens (including phenoxy) is 2. The number of halogens is 2. The summed E-state index contributed by atoms with van der Waals surface area (Å²) in [7, 11) is 0. The Labute approximate surface area is 188 Å². The Hall–Kier alpha value is -2.34. The van der Waals surface area contributed by atoms with Crippen LogP contribution in [0.1, 0.15) is 52.4 Å². The van der Waals surface area contributed by atoms with Crippen LogP contribution in [-0.4, -0.2) is 29.6 Å². The Morgan fingerprint density at radius 3 is 2.45 bits per heavy atom. The summed E-state index contributed by atoms with van der Waals surface area (Å²) in [5.74, 6) is 1.14. The third kappa shape index (κ3) is 7.39. The van der Waals surface area contributed by atoms with Gasteiger partial charge in [-0.05, 0) is 74.9 Å². The van der Waals surface area contributed by atoms with Crippen LogP contribution in [0, 0.1) is 11.2 Å². The largest absolute Gasteiger partial charge is 0.494 e. The fourth-order valence-corrected chi connectivity index (χ4v) is 3.79. The Balaban J connectivity index is 1.35. The van der Waals surface area contributed by atoms with Gasteiger partial charge in [-0.2, -0.15) is 0 Å². The molecule has 1 N–H and O–H groups in total. The van der Waals surface area contributed by atoms with Crippen LogP contribution in [0.15, 0.2) is 42.6 Å². The van der Waals surface area contributed by atoms with E-state index in [1.54, 1.807) is 24.4 Å². The molecule has 0 bridgehead atoms. The van der Waals surface area contributed by atoms with Crippen molar-refractivity contribution in [2.75, 3.05) is 6.61 Å². The minimum Gasteiger partial charge on any atom is -0.494 e. The normalized spacial score (nSPS) is 19.0. The summed E-state index contributed by atoms with van der Waals surface area (Å²) >= 11 is 5.81. The molecule has 0 unspecified atom stereocenters. The molecule has 1 aliphatic rings. The first-order valence-electron chi connectivity index (χ1n) is 10.8. The molecule has 0 spiro atoms. The van der Waals surface area contributed by atoms with Gasteiger partial charge in [-0.25, -0.2) is 9.37 Å². The topological polar surface area (TPSA) is 60.5 Å². The smallest absolute Gasteiger partial charge is 0.225 e. The lowest BCUT2D eigenvalue weighted by molar-refractivity contribution is -0.130. The molecule has 1 aromatic carbocycles. The highest BCUT2D eigenvalue weighted by Crippen LogP contribution is 2.27. The van der Waals surface area contributed by atoms with E-state index in [2.05, 4.69) is 10.3 Å². The summed E-state index contributed by atoms with van der Waals surface area (Å²) in [6.45, 7) is 4.41. The molecule has 1 fully saturated rings. The molecule has 5 nitrogen and oxygen atoms in total. The van der Waals surface area contributed by atoms with Gasteiger partial charge in [-0.15, -0.1) is 0 Å². The van der Waals surface area contributed by atoms with E-state index in [0.717, 1.165) is 37.9 Å². The second-order valence-corrected chi connectivity index (χ2v) is 9.06. The summed E-state index contributed by atoms with van der Waals surface area (Å²) in [6.07, 6.45) is 6.78. The number of nitrogens with one attached hydrogen (secondary N) is 1. The summed E-state index contributed by atoms with van der Waals surface area (Å²) in [6, 6.07) is 9.68. The van der Waals surface area contributed by atoms with Gasteiger partial charge in [0.1, 0.15) is 22.5 Å². The first kappa shape index (κ1) is 23.3. The van der Waals surface area contributed by atoms with Gasteiger partial charge in [0.05, 0.1) is 18.9 Å². The molecule has 1 aliphatic carbocycles. The average Bonchev–Trinajstić information content (AvgIpc) is 2.75. The molecular formula is C24H30ClFN2O3. The van der Waals surface area contributed by atoms with Crippen molar-refractivity contribution >= 4 is 17.5 Å². The number of benzene rings is 1. The predicted octanol–water partition coefficient (Wildman–Crippen LogP) is 5.57. The molecule has 0 radical (unpaired) electrons. The van der Waals surface area contributed by atoms with E-state index in [4.69, 9.17) is 21.1 Å². The van der Waals surface area contributed by atoms with Gasteiger partial charge in [0, 0.05) is 11.5 Å². The van der Waals surface area contributed by atoms with Crippen molar-refractivity contribution in [3.05, 3.63) is 53.6 Å². The third-order valence-electron chi connectivity index (χ3n) is 5.66. The van der Waals surface area contributed by atoms with Gasteiger partial charge in [0.25, 0.3) is 0 Å². The van der Waals surface area contributed by atoms with Crippen molar-refractivity contribution in [1.29, 1.82) is 0 Å². The lowest BCUT2D eigenvalue weighted by Crippen LogP contribution is -2.45. The molecule has 1 aromatic heterocycles. The number of nitrogens with zero attached hydrogens (tertiary/aromatic N) is 1. The Kier molecular flexibility index (Phi) is 8.13. The fraction of sp³-hybridized carbons (Fsp3) is 0.500. The van der Waals surface area contributed by atoms with Gasteiger partial charge < -0.3 is 14.8 Å². The van der Waals surface area contributed by atoms with Crippen LogP contribution < -0.4 is 14.8 Å². The van der Waals surface area contributed by atoms with Crippen LogP contribution in [0.25, 0.3) is 0 Å². The highest BCUT2D eigenvalue weighted by atomic mass is 35.5. The van der Waals surface area contributed by atoms with E-state index in [0.29, 0.717) is 23.9 Å². The van der Waals surface area contributed by atoms with E-state index < -0.39 is 5.41 Å². The molecule has 2 aromatic rings. The molecule has 31 heavy (non-hydrogen) atoms. The van der Waals surface area contributed by atoms with Crippen molar-refractivity contribution in [3.63, 3.8) is 0 Å². The van der Waals surface area contributed by atoms with Crippen LogP contribution in [-0.2, 0) is 4.79 Å². The summed E-state index contributed by atoms with van der Waals surface area (Å²) in [5, 5.41) is 3.66. The van der Waals surface area contributed by atoms with Crippen molar-refractivity contribution in [2.24, 2.45) is 5.41 Å². The summed E-state index contributed by atoms with van der Waals surface area (Å²) < 4.78 is 24.5. The van der Waals surface area contributed by atoms with Crippen LogP contribution in [0.2, 0.25) is 5.15 Å². The first-order valence-corrected chi connectivity index (χ1v) is 11.2. The Bertz CT molecular complexity index is 835. The van der Waals surface area contributed by atoms with Gasteiger partial charge in [-0.1, -0.05) is 25.4 Å². The molecular weight excluding hydrogens is 419 g/mol. The zero-order valence-electron chi connectivity index (χ0n) is 18.1. The highest BCUT2D eigenvalue weighted by Gasteiger charge is 2.31. The number of hydrogen-bond donors (Lipinski definition) is 1. The number of carbonyl (C=O) groups is 1. The maximum absolute atomic E-state index is 12.9. The van der Waals surface area contributed by atoms with Crippen LogP contribution in [0.3, 0.4) is 0 Å². The Morgan fingerprint density at radius 1 is 1.13 bits per heavy atom. The van der Waals surface area contributed by atoms with Crippen molar-refractivity contribution < 1.29 is 18.7 Å². The molecule has 3 rings (SSSR count). The average molecular weight is 449 g/mol. The summed E-state index contributed by atoms with van der Waals surface area (Å²) in [5.41, 5.74) is -0.478. The molecule has 0 atom stereocenters. The number of hydrogen-bond acceptors (Lipinski definition) is 4. The fourth-order valence-electron chi connectivity index (χ4n) is 3.68. The zero-order valence-corrected chi connectivity index (χ0v) is 18.8. The van der Waals surface area contributed by atoms with Gasteiger partial charge in [0.15, 0.2) is 0 Å². The maximum atomic E-state index is 12.9.